The van der Waals surface area contributed by atoms with Gasteiger partial charge in [0.25, 0.3) is 0 Å². The van der Waals surface area contributed by atoms with Crippen molar-refractivity contribution in [1.82, 2.24) is 0 Å². The Morgan fingerprint density at radius 3 is 1.76 bits per heavy atom. The number of carbonyl (C=O) groups excluding carboxylic acids is 1. The number of carbonyl (C=O) groups is 1. The van der Waals surface area contributed by atoms with E-state index in [-0.39, 0.29) is 5.41 Å². The van der Waals surface area contributed by atoms with E-state index in [4.69, 9.17) is 4.74 Å². The van der Waals surface area contributed by atoms with Crippen LogP contribution in [0, 0.1) is 10.8 Å². The molecular formula is C19H38O2. The Morgan fingerprint density at radius 2 is 1.33 bits per heavy atom. The Hall–Kier alpha value is -0.370. The second kappa shape index (κ2) is 10.4. The molecule has 0 unspecified atom stereocenters. The fraction of sp³-hybridized carbons (Fsp3) is 0.947. The van der Waals surface area contributed by atoms with Crippen LogP contribution >= 0.6 is 0 Å². The third-order valence-corrected chi connectivity index (χ3v) is 4.61. The summed E-state index contributed by atoms with van der Waals surface area (Å²) in [5.74, 6) is 0.453. The predicted molar refractivity (Wildman–Crippen MR) is 91.7 cm³/mol. The monoisotopic (exact) mass is 298 g/mol. The van der Waals surface area contributed by atoms with Gasteiger partial charge in [0.2, 0.25) is 0 Å². The fourth-order valence-electron chi connectivity index (χ4n) is 2.62. The highest BCUT2D eigenvalue weighted by Crippen LogP contribution is 2.27. The van der Waals surface area contributed by atoms with Crippen LogP contribution in [0.1, 0.15) is 92.4 Å². The van der Waals surface area contributed by atoms with Gasteiger partial charge in [-0.05, 0) is 36.5 Å². The van der Waals surface area contributed by atoms with Gasteiger partial charge < -0.3 is 4.74 Å². The maximum atomic E-state index is 11.9. The third-order valence-electron chi connectivity index (χ3n) is 4.61. The highest BCUT2D eigenvalue weighted by Gasteiger charge is 2.17. The molecule has 0 radical (unpaired) electrons. The van der Waals surface area contributed by atoms with Crippen molar-refractivity contribution in [1.29, 1.82) is 0 Å². The predicted octanol–water partition coefficient (Wildman–Crippen LogP) is 5.79. The molecule has 0 amide bonds. The van der Waals surface area contributed by atoms with Gasteiger partial charge in [0.15, 0.2) is 0 Å². The SMILES string of the molecule is CCC(C)(C)CCCCC(=O)CCCCC(C)(C)COC. The van der Waals surface area contributed by atoms with Gasteiger partial charge in [-0.2, -0.15) is 0 Å². The lowest BCUT2D eigenvalue weighted by Crippen LogP contribution is -2.18. The van der Waals surface area contributed by atoms with Crippen molar-refractivity contribution in [3.63, 3.8) is 0 Å². The van der Waals surface area contributed by atoms with Gasteiger partial charge in [-0.25, -0.2) is 0 Å². The Kier molecular flexibility index (Phi) is 10.2. The van der Waals surface area contributed by atoms with Gasteiger partial charge in [-0.3, -0.25) is 4.79 Å². The minimum Gasteiger partial charge on any atom is -0.384 e. The summed E-state index contributed by atoms with van der Waals surface area (Å²) >= 11 is 0. The first kappa shape index (κ1) is 20.6. The van der Waals surface area contributed by atoms with E-state index in [1.165, 1.54) is 19.3 Å². The van der Waals surface area contributed by atoms with Crippen molar-refractivity contribution >= 4 is 5.78 Å². The highest BCUT2D eigenvalue weighted by atomic mass is 16.5. The van der Waals surface area contributed by atoms with Crippen molar-refractivity contribution in [2.75, 3.05) is 13.7 Å². The lowest BCUT2D eigenvalue weighted by Gasteiger charge is -2.23. The van der Waals surface area contributed by atoms with E-state index in [2.05, 4.69) is 34.6 Å². The number of methoxy groups -OCH3 is 1. The molecule has 0 atom stereocenters. The topological polar surface area (TPSA) is 26.3 Å². The molecule has 0 aliphatic rings. The van der Waals surface area contributed by atoms with Crippen molar-refractivity contribution < 1.29 is 9.53 Å². The Balaban J connectivity index is 3.60. The molecule has 0 saturated heterocycles. The molecule has 0 aromatic carbocycles. The third kappa shape index (κ3) is 11.9. The molecule has 0 spiro atoms. The van der Waals surface area contributed by atoms with Gasteiger partial charge in [0.1, 0.15) is 5.78 Å². The van der Waals surface area contributed by atoms with Gasteiger partial charge in [-0.1, -0.05) is 53.9 Å². The maximum absolute atomic E-state index is 11.9. The van der Waals surface area contributed by atoms with E-state index in [0.717, 1.165) is 45.1 Å². The van der Waals surface area contributed by atoms with Crippen LogP contribution in [0.25, 0.3) is 0 Å². The van der Waals surface area contributed by atoms with Crippen LogP contribution in [0.3, 0.4) is 0 Å². The van der Waals surface area contributed by atoms with E-state index in [9.17, 15) is 4.79 Å². The average molecular weight is 299 g/mol. The number of unbranched alkanes of at least 4 members (excludes halogenated alkanes) is 2. The van der Waals surface area contributed by atoms with Crippen LogP contribution in [0.5, 0.6) is 0 Å². The van der Waals surface area contributed by atoms with E-state index in [1.54, 1.807) is 7.11 Å². The smallest absolute Gasteiger partial charge is 0.132 e. The number of ether oxygens (including phenoxy) is 1. The van der Waals surface area contributed by atoms with Crippen LogP contribution in [-0.2, 0) is 9.53 Å². The normalized spacial score (nSPS) is 12.7. The molecule has 0 aromatic heterocycles. The standard InChI is InChI=1S/C19H38O2/c1-7-18(2,3)14-10-8-12-17(20)13-9-11-15-19(4,5)16-21-6/h7-16H2,1-6H3. The summed E-state index contributed by atoms with van der Waals surface area (Å²) in [5.41, 5.74) is 0.680. The molecule has 0 aromatic rings. The van der Waals surface area contributed by atoms with E-state index >= 15 is 0 Å². The number of ketones is 1. The van der Waals surface area contributed by atoms with Gasteiger partial charge >= 0.3 is 0 Å². The van der Waals surface area contributed by atoms with Gasteiger partial charge in [-0.15, -0.1) is 0 Å². The molecule has 126 valence electrons. The van der Waals surface area contributed by atoms with Crippen molar-refractivity contribution in [2.24, 2.45) is 10.8 Å². The summed E-state index contributed by atoms with van der Waals surface area (Å²) in [6.07, 6.45) is 9.56. The zero-order valence-corrected chi connectivity index (χ0v) is 15.4. The Labute approximate surface area is 133 Å². The summed E-state index contributed by atoms with van der Waals surface area (Å²) in [5, 5.41) is 0. The molecule has 0 aliphatic carbocycles. The Bertz CT molecular complexity index is 279. The minimum atomic E-state index is 0.240. The molecule has 0 fully saturated rings. The molecule has 0 bridgehead atoms. The molecule has 21 heavy (non-hydrogen) atoms. The quantitative estimate of drug-likeness (QED) is 0.402. The summed E-state index contributed by atoms with van der Waals surface area (Å²) in [6, 6.07) is 0. The molecule has 2 nitrogen and oxygen atoms in total. The largest absolute Gasteiger partial charge is 0.384 e. The summed E-state index contributed by atoms with van der Waals surface area (Å²) in [4.78, 5) is 11.9. The highest BCUT2D eigenvalue weighted by molar-refractivity contribution is 5.78. The number of hydrogen-bond donors (Lipinski definition) is 0. The molecule has 0 rings (SSSR count). The summed E-state index contributed by atoms with van der Waals surface area (Å²) in [6.45, 7) is 12.1. The summed E-state index contributed by atoms with van der Waals surface area (Å²) in [7, 11) is 1.76. The van der Waals surface area contributed by atoms with Crippen LogP contribution in [0.2, 0.25) is 0 Å². The van der Waals surface area contributed by atoms with Crippen molar-refractivity contribution in [3.8, 4) is 0 Å². The fourth-order valence-corrected chi connectivity index (χ4v) is 2.62. The number of hydrogen-bond acceptors (Lipinski definition) is 2. The first-order valence-corrected chi connectivity index (χ1v) is 8.73. The number of rotatable bonds is 13. The second-order valence-electron chi connectivity index (χ2n) is 8.07. The first-order valence-electron chi connectivity index (χ1n) is 8.73. The van der Waals surface area contributed by atoms with E-state index in [0.29, 0.717) is 11.2 Å². The maximum Gasteiger partial charge on any atom is 0.132 e. The lowest BCUT2D eigenvalue weighted by atomic mass is 9.84. The van der Waals surface area contributed by atoms with Crippen LogP contribution < -0.4 is 0 Å². The van der Waals surface area contributed by atoms with Gasteiger partial charge in [0.05, 0.1) is 6.61 Å². The zero-order valence-electron chi connectivity index (χ0n) is 15.4. The number of Topliss-reactive ketones (excluding diaryl/α,β-unsaturated/α-hetero) is 1. The first-order chi connectivity index (χ1) is 9.72. The van der Waals surface area contributed by atoms with E-state index < -0.39 is 0 Å². The molecule has 0 heterocycles. The lowest BCUT2D eigenvalue weighted by molar-refractivity contribution is -0.119. The van der Waals surface area contributed by atoms with E-state index in [1.807, 2.05) is 0 Å². The molecular weight excluding hydrogens is 260 g/mol. The van der Waals surface area contributed by atoms with Crippen LogP contribution in [0.15, 0.2) is 0 Å². The second-order valence-corrected chi connectivity index (χ2v) is 8.07. The zero-order chi connectivity index (χ0) is 16.4. The molecule has 0 saturated carbocycles. The average Bonchev–Trinajstić information content (AvgIpc) is 2.40. The molecule has 0 N–H and O–H groups in total. The van der Waals surface area contributed by atoms with Crippen molar-refractivity contribution in [2.45, 2.75) is 92.4 Å². The molecule has 0 aliphatic heterocycles. The van der Waals surface area contributed by atoms with Crippen LogP contribution in [-0.4, -0.2) is 19.5 Å². The van der Waals surface area contributed by atoms with Crippen LogP contribution in [0.4, 0.5) is 0 Å². The molecule has 2 heteroatoms. The van der Waals surface area contributed by atoms with Gasteiger partial charge in [0, 0.05) is 20.0 Å². The summed E-state index contributed by atoms with van der Waals surface area (Å²) < 4.78 is 5.22. The van der Waals surface area contributed by atoms with Crippen molar-refractivity contribution in [3.05, 3.63) is 0 Å². The minimum absolute atomic E-state index is 0.240. The Morgan fingerprint density at radius 1 is 0.857 bits per heavy atom.